The number of benzene rings is 2. The fourth-order valence-corrected chi connectivity index (χ4v) is 2.02. The summed E-state index contributed by atoms with van der Waals surface area (Å²) >= 11 is 0. The Labute approximate surface area is 102 Å². The Morgan fingerprint density at radius 1 is 0.941 bits per heavy atom. The Hall–Kier alpha value is -1.63. The normalized spacial score (nSPS) is 10.9. The molecule has 0 radical (unpaired) electrons. The van der Waals surface area contributed by atoms with E-state index in [0.29, 0.717) is 5.92 Å². The quantitative estimate of drug-likeness (QED) is 0.684. The maximum atomic E-state index is 13.4. The average Bonchev–Trinajstić information content (AvgIpc) is 2.29. The van der Waals surface area contributed by atoms with Crippen molar-refractivity contribution in [3.8, 4) is 11.1 Å². The summed E-state index contributed by atoms with van der Waals surface area (Å²) in [6.45, 7) is 6.31. The Kier molecular flexibility index (Phi) is 3.28. The van der Waals surface area contributed by atoms with Gasteiger partial charge in [-0.3, -0.25) is 0 Å². The first-order valence-electron chi connectivity index (χ1n) is 5.94. The molecule has 2 aromatic rings. The van der Waals surface area contributed by atoms with E-state index in [1.807, 2.05) is 6.07 Å². The molecule has 0 spiro atoms. The fraction of sp³-hybridized carbons (Fsp3) is 0.250. The molecule has 0 atom stereocenters. The van der Waals surface area contributed by atoms with Crippen molar-refractivity contribution in [1.82, 2.24) is 0 Å². The van der Waals surface area contributed by atoms with Crippen LogP contribution in [0.4, 0.5) is 4.39 Å². The first-order chi connectivity index (χ1) is 8.08. The van der Waals surface area contributed by atoms with Gasteiger partial charge in [-0.05, 0) is 41.7 Å². The summed E-state index contributed by atoms with van der Waals surface area (Å²) < 4.78 is 13.4. The van der Waals surface area contributed by atoms with Gasteiger partial charge in [-0.1, -0.05) is 49.7 Å². The highest BCUT2D eigenvalue weighted by Crippen LogP contribution is 2.30. The zero-order valence-corrected chi connectivity index (χ0v) is 10.5. The summed E-state index contributed by atoms with van der Waals surface area (Å²) in [5.74, 6) is 0.219. The highest BCUT2D eigenvalue weighted by Gasteiger charge is 2.09. The van der Waals surface area contributed by atoms with Gasteiger partial charge in [0.25, 0.3) is 0 Å². The van der Waals surface area contributed by atoms with E-state index in [2.05, 4.69) is 45.0 Å². The Bertz CT molecular complexity index is 510. The summed E-state index contributed by atoms with van der Waals surface area (Å²) in [7, 11) is 0. The minimum Gasteiger partial charge on any atom is -0.207 e. The van der Waals surface area contributed by atoms with E-state index in [0.717, 1.165) is 11.1 Å². The molecule has 0 aliphatic carbocycles. The molecule has 0 unspecified atom stereocenters. The second kappa shape index (κ2) is 4.70. The molecule has 0 saturated heterocycles. The molecule has 2 aromatic carbocycles. The summed E-state index contributed by atoms with van der Waals surface area (Å²) in [4.78, 5) is 0. The topological polar surface area (TPSA) is 0 Å². The van der Waals surface area contributed by atoms with Gasteiger partial charge in [0.1, 0.15) is 5.82 Å². The lowest BCUT2D eigenvalue weighted by Crippen LogP contribution is -1.93. The highest BCUT2D eigenvalue weighted by molar-refractivity contribution is 5.68. The molecule has 0 N–H and O–H groups in total. The van der Waals surface area contributed by atoms with Crippen molar-refractivity contribution in [2.45, 2.75) is 26.7 Å². The van der Waals surface area contributed by atoms with Crippen LogP contribution in [-0.2, 0) is 0 Å². The molecule has 17 heavy (non-hydrogen) atoms. The van der Waals surface area contributed by atoms with Crippen LogP contribution in [0.15, 0.2) is 42.5 Å². The van der Waals surface area contributed by atoms with E-state index >= 15 is 0 Å². The standard InChI is InChI=1S/C16H17F/c1-11(2)15-9-8-14(17)10-16(15)13-6-4-12(3)5-7-13/h4-11H,1-3H3. The van der Waals surface area contributed by atoms with E-state index in [4.69, 9.17) is 0 Å². The van der Waals surface area contributed by atoms with Crippen molar-refractivity contribution in [3.63, 3.8) is 0 Å². The van der Waals surface area contributed by atoms with Gasteiger partial charge in [-0.25, -0.2) is 4.39 Å². The molecule has 0 aromatic heterocycles. The first kappa shape index (κ1) is 11.8. The third-order valence-corrected chi connectivity index (χ3v) is 3.00. The van der Waals surface area contributed by atoms with Crippen LogP contribution in [0.1, 0.15) is 30.9 Å². The molecule has 0 aliphatic rings. The minimum atomic E-state index is -0.176. The van der Waals surface area contributed by atoms with Gasteiger partial charge in [-0.2, -0.15) is 0 Å². The molecule has 0 bridgehead atoms. The van der Waals surface area contributed by atoms with E-state index in [-0.39, 0.29) is 5.82 Å². The van der Waals surface area contributed by atoms with Crippen LogP contribution in [0.3, 0.4) is 0 Å². The Morgan fingerprint density at radius 3 is 2.18 bits per heavy atom. The summed E-state index contributed by atoms with van der Waals surface area (Å²) in [5.41, 5.74) is 4.49. The van der Waals surface area contributed by atoms with Gasteiger partial charge in [-0.15, -0.1) is 0 Å². The van der Waals surface area contributed by atoms with Crippen LogP contribution in [0.25, 0.3) is 11.1 Å². The van der Waals surface area contributed by atoms with Gasteiger partial charge in [0.05, 0.1) is 0 Å². The van der Waals surface area contributed by atoms with E-state index in [9.17, 15) is 4.39 Å². The number of hydrogen-bond acceptors (Lipinski definition) is 0. The lowest BCUT2D eigenvalue weighted by Gasteiger charge is -2.13. The van der Waals surface area contributed by atoms with Gasteiger partial charge < -0.3 is 0 Å². The van der Waals surface area contributed by atoms with Crippen LogP contribution in [0, 0.1) is 12.7 Å². The lowest BCUT2D eigenvalue weighted by atomic mass is 9.92. The SMILES string of the molecule is Cc1ccc(-c2cc(F)ccc2C(C)C)cc1. The molecule has 88 valence electrons. The molecule has 0 aliphatic heterocycles. The number of rotatable bonds is 2. The number of halogens is 1. The molecule has 0 fully saturated rings. The number of aryl methyl sites for hydroxylation is 1. The molecule has 0 heterocycles. The maximum absolute atomic E-state index is 13.4. The Morgan fingerprint density at radius 2 is 1.59 bits per heavy atom. The van der Waals surface area contributed by atoms with E-state index in [1.165, 1.54) is 17.2 Å². The molecule has 0 amide bonds. The van der Waals surface area contributed by atoms with E-state index in [1.54, 1.807) is 6.07 Å². The average molecular weight is 228 g/mol. The van der Waals surface area contributed by atoms with Crippen molar-refractivity contribution in [2.75, 3.05) is 0 Å². The van der Waals surface area contributed by atoms with Crippen molar-refractivity contribution < 1.29 is 4.39 Å². The molecule has 0 nitrogen and oxygen atoms in total. The van der Waals surface area contributed by atoms with Crippen LogP contribution in [-0.4, -0.2) is 0 Å². The largest absolute Gasteiger partial charge is 0.207 e. The van der Waals surface area contributed by atoms with Crippen molar-refractivity contribution in [3.05, 3.63) is 59.4 Å². The maximum Gasteiger partial charge on any atom is 0.123 e. The third-order valence-electron chi connectivity index (χ3n) is 3.00. The van der Waals surface area contributed by atoms with Crippen LogP contribution in [0.5, 0.6) is 0 Å². The van der Waals surface area contributed by atoms with Crippen molar-refractivity contribution in [1.29, 1.82) is 0 Å². The van der Waals surface area contributed by atoms with Gasteiger partial charge in [0.15, 0.2) is 0 Å². The van der Waals surface area contributed by atoms with E-state index < -0.39 is 0 Å². The summed E-state index contributed by atoms with van der Waals surface area (Å²) in [6, 6.07) is 13.3. The summed E-state index contributed by atoms with van der Waals surface area (Å²) in [6.07, 6.45) is 0. The van der Waals surface area contributed by atoms with Gasteiger partial charge in [0, 0.05) is 0 Å². The van der Waals surface area contributed by atoms with Crippen LogP contribution >= 0.6 is 0 Å². The monoisotopic (exact) mass is 228 g/mol. The molecule has 1 heteroatoms. The molecule has 0 saturated carbocycles. The predicted molar refractivity (Wildman–Crippen MR) is 70.7 cm³/mol. The van der Waals surface area contributed by atoms with Crippen LogP contribution in [0.2, 0.25) is 0 Å². The summed E-state index contributed by atoms with van der Waals surface area (Å²) in [5, 5.41) is 0. The predicted octanol–water partition coefficient (Wildman–Crippen LogP) is 4.92. The molecular formula is C16H17F. The second-order valence-electron chi connectivity index (χ2n) is 4.75. The molecular weight excluding hydrogens is 211 g/mol. The number of hydrogen-bond donors (Lipinski definition) is 0. The van der Waals surface area contributed by atoms with Gasteiger partial charge >= 0.3 is 0 Å². The second-order valence-corrected chi connectivity index (χ2v) is 4.75. The zero-order valence-electron chi connectivity index (χ0n) is 10.5. The van der Waals surface area contributed by atoms with Crippen molar-refractivity contribution in [2.24, 2.45) is 0 Å². The van der Waals surface area contributed by atoms with Crippen molar-refractivity contribution >= 4 is 0 Å². The van der Waals surface area contributed by atoms with Gasteiger partial charge in [0.2, 0.25) is 0 Å². The zero-order chi connectivity index (χ0) is 12.4. The lowest BCUT2D eigenvalue weighted by molar-refractivity contribution is 0.627. The highest BCUT2D eigenvalue weighted by atomic mass is 19.1. The first-order valence-corrected chi connectivity index (χ1v) is 5.94. The molecule has 2 rings (SSSR count). The fourth-order valence-electron chi connectivity index (χ4n) is 2.02. The van der Waals surface area contributed by atoms with Crippen LogP contribution < -0.4 is 0 Å². The smallest absolute Gasteiger partial charge is 0.123 e. The minimum absolute atomic E-state index is 0.176. The third kappa shape index (κ3) is 2.55. The Balaban J connectivity index is 2.56.